The third-order valence-corrected chi connectivity index (χ3v) is 10.5. The monoisotopic (exact) mass is 744 g/mol. The minimum absolute atomic E-state index is 0.0338. The number of ether oxygens (including phenoxy) is 3. The van der Waals surface area contributed by atoms with E-state index in [-0.39, 0.29) is 19.3 Å². The van der Waals surface area contributed by atoms with Gasteiger partial charge in [-0.1, -0.05) is 53.5 Å². The topological polar surface area (TPSA) is 137 Å². The van der Waals surface area contributed by atoms with E-state index in [9.17, 15) is 20.3 Å². The maximum atomic E-state index is 11.8. The highest BCUT2D eigenvalue weighted by molar-refractivity contribution is 6.35. The SMILES string of the molecule is CN1CCCC(COc2cccc(-c3cccc4c3CC[C@H]4Oc3cc(OCc4cncc(C#N)c4)c(CNC(C)(CO)C(=O)O)cc3Cl)c2Cl)C1. The van der Waals surface area contributed by atoms with Crippen molar-refractivity contribution in [3.05, 3.63) is 105 Å². The lowest BCUT2D eigenvalue weighted by Crippen LogP contribution is -2.52. The van der Waals surface area contributed by atoms with Gasteiger partial charge in [-0.05, 0) is 81.1 Å². The van der Waals surface area contributed by atoms with Gasteiger partial charge in [-0.25, -0.2) is 0 Å². The number of piperidine rings is 1. The molecule has 2 unspecified atom stereocenters. The third kappa shape index (κ3) is 8.46. The minimum Gasteiger partial charge on any atom is -0.492 e. The van der Waals surface area contributed by atoms with Crippen LogP contribution in [0.25, 0.3) is 11.1 Å². The largest absolute Gasteiger partial charge is 0.492 e. The molecule has 10 nitrogen and oxygen atoms in total. The van der Waals surface area contributed by atoms with Crippen molar-refractivity contribution in [1.82, 2.24) is 15.2 Å². The first-order valence-corrected chi connectivity index (χ1v) is 18.1. The van der Waals surface area contributed by atoms with E-state index >= 15 is 0 Å². The van der Waals surface area contributed by atoms with E-state index in [0.29, 0.717) is 62.9 Å². The Morgan fingerprint density at radius 3 is 2.65 bits per heavy atom. The Labute approximate surface area is 313 Å². The zero-order valence-corrected chi connectivity index (χ0v) is 30.7. The molecule has 12 heteroatoms. The first-order chi connectivity index (χ1) is 25.1. The summed E-state index contributed by atoms with van der Waals surface area (Å²) in [5.41, 5.74) is 4.18. The van der Waals surface area contributed by atoms with E-state index in [0.717, 1.165) is 48.2 Å². The number of carboxylic acid groups (broad SMARTS) is 1. The summed E-state index contributed by atoms with van der Waals surface area (Å²) in [6.07, 6.45) is 6.58. The van der Waals surface area contributed by atoms with Gasteiger partial charge in [0.25, 0.3) is 0 Å². The number of nitrogens with zero attached hydrogens (tertiary/aromatic N) is 3. The van der Waals surface area contributed by atoms with Crippen LogP contribution in [0.15, 0.2) is 67.0 Å². The number of carboxylic acids is 1. The molecule has 1 aliphatic heterocycles. The Morgan fingerprint density at radius 1 is 1.08 bits per heavy atom. The lowest BCUT2D eigenvalue weighted by Gasteiger charge is -2.29. The Kier molecular flexibility index (Phi) is 11.9. The lowest BCUT2D eigenvalue weighted by molar-refractivity contribution is -0.145. The number of benzene rings is 3. The second-order valence-corrected chi connectivity index (χ2v) is 14.5. The fourth-order valence-electron chi connectivity index (χ4n) is 6.81. The first-order valence-electron chi connectivity index (χ1n) is 17.4. The molecule has 3 atom stereocenters. The molecule has 6 rings (SSSR count). The molecule has 1 fully saturated rings. The number of pyridine rings is 1. The number of carbonyl (C=O) groups is 1. The van der Waals surface area contributed by atoms with Gasteiger partial charge in [0.1, 0.15) is 41.6 Å². The van der Waals surface area contributed by atoms with Gasteiger partial charge in [-0.15, -0.1) is 0 Å². The number of aliphatic hydroxyl groups is 1. The number of hydrogen-bond acceptors (Lipinski definition) is 9. The highest BCUT2D eigenvalue weighted by Gasteiger charge is 2.33. The predicted octanol–water partition coefficient (Wildman–Crippen LogP) is 7.22. The number of hydrogen-bond donors (Lipinski definition) is 3. The van der Waals surface area contributed by atoms with Crippen LogP contribution in [0.1, 0.15) is 60.1 Å². The molecule has 2 aliphatic rings. The number of likely N-dealkylation sites (tertiary alicyclic amines) is 1. The van der Waals surface area contributed by atoms with Gasteiger partial charge in [0, 0.05) is 54.2 Å². The molecule has 52 heavy (non-hydrogen) atoms. The van der Waals surface area contributed by atoms with E-state index in [2.05, 4.69) is 40.5 Å². The van der Waals surface area contributed by atoms with Gasteiger partial charge >= 0.3 is 5.97 Å². The number of nitriles is 1. The molecule has 0 radical (unpaired) electrons. The quantitative estimate of drug-likeness (QED) is 0.121. The van der Waals surface area contributed by atoms with Crippen molar-refractivity contribution < 1.29 is 29.2 Å². The number of aliphatic carboxylic acids is 1. The second-order valence-electron chi connectivity index (χ2n) is 13.7. The summed E-state index contributed by atoms with van der Waals surface area (Å²) in [5.74, 6) is 0.753. The molecule has 0 spiro atoms. The van der Waals surface area contributed by atoms with Gasteiger partial charge in [0.05, 0.1) is 28.8 Å². The fraction of sp³-hybridized carbons (Fsp3) is 0.375. The van der Waals surface area contributed by atoms with Crippen LogP contribution in [0.3, 0.4) is 0 Å². The molecule has 1 saturated heterocycles. The van der Waals surface area contributed by atoms with Gasteiger partial charge in [0.2, 0.25) is 0 Å². The molecular formula is C40H42Cl2N4O6. The Bertz CT molecular complexity index is 1970. The minimum atomic E-state index is -1.59. The van der Waals surface area contributed by atoms with Crippen LogP contribution in [0.4, 0.5) is 0 Å². The van der Waals surface area contributed by atoms with Crippen LogP contribution in [0.5, 0.6) is 17.2 Å². The maximum absolute atomic E-state index is 11.8. The molecule has 3 aromatic carbocycles. The molecule has 3 N–H and O–H groups in total. The number of aromatic nitrogens is 1. The third-order valence-electron chi connectivity index (χ3n) is 9.83. The molecule has 1 aliphatic carbocycles. The normalized spacial score (nSPS) is 18.2. The van der Waals surface area contributed by atoms with Gasteiger partial charge in [-0.3, -0.25) is 15.1 Å². The first kappa shape index (κ1) is 37.4. The van der Waals surface area contributed by atoms with Crippen molar-refractivity contribution in [2.45, 2.75) is 57.4 Å². The summed E-state index contributed by atoms with van der Waals surface area (Å²) < 4.78 is 19.1. The highest BCUT2D eigenvalue weighted by Crippen LogP contribution is 2.45. The maximum Gasteiger partial charge on any atom is 0.326 e. The van der Waals surface area contributed by atoms with Crippen molar-refractivity contribution in [2.75, 3.05) is 33.4 Å². The summed E-state index contributed by atoms with van der Waals surface area (Å²) >= 11 is 13.8. The van der Waals surface area contributed by atoms with Crippen LogP contribution >= 0.6 is 23.2 Å². The number of halogens is 2. The van der Waals surface area contributed by atoms with Crippen LogP contribution in [-0.4, -0.2) is 65.0 Å². The molecule has 2 heterocycles. The molecule has 4 aromatic rings. The average Bonchev–Trinajstić information content (AvgIpc) is 3.56. The summed E-state index contributed by atoms with van der Waals surface area (Å²) in [7, 11) is 2.15. The van der Waals surface area contributed by atoms with Crippen molar-refractivity contribution in [3.8, 4) is 34.4 Å². The average molecular weight is 746 g/mol. The van der Waals surface area contributed by atoms with Crippen molar-refractivity contribution in [1.29, 1.82) is 5.26 Å². The van der Waals surface area contributed by atoms with Crippen molar-refractivity contribution in [2.24, 2.45) is 5.92 Å². The van der Waals surface area contributed by atoms with Gasteiger partial charge in [-0.2, -0.15) is 5.26 Å². The van der Waals surface area contributed by atoms with Crippen molar-refractivity contribution in [3.63, 3.8) is 0 Å². The van der Waals surface area contributed by atoms with Crippen LogP contribution in [0, 0.1) is 17.2 Å². The van der Waals surface area contributed by atoms with Crippen LogP contribution < -0.4 is 19.5 Å². The Morgan fingerprint density at radius 2 is 1.88 bits per heavy atom. The number of fused-ring (bicyclic) bond motifs is 1. The summed E-state index contributed by atoms with van der Waals surface area (Å²) in [6, 6.07) is 19.2. The standard InChI is InChI=1S/C40H42Cl2N4O6/c1-40(24-47,39(48)49)45-20-28-15-33(41)37(16-36(28)51-23-27-14-26(17-43)18-44-19-27)52-34-12-11-30-29(7-3-8-31(30)34)32-9-4-10-35(38(32)42)50-22-25-6-5-13-46(2)21-25/h3-4,7-10,14-16,18-19,25,34,45,47H,5-6,11-13,20-24H2,1-2H3,(H,48,49)/t25?,34-,40?/m1/s1. The van der Waals surface area contributed by atoms with E-state index in [1.165, 1.54) is 19.5 Å². The molecule has 272 valence electrons. The van der Waals surface area contributed by atoms with E-state index < -0.39 is 18.1 Å². The van der Waals surface area contributed by atoms with E-state index in [1.54, 1.807) is 24.4 Å². The molecule has 0 bridgehead atoms. The number of aliphatic hydroxyl groups excluding tert-OH is 1. The molecule has 0 amide bonds. The van der Waals surface area contributed by atoms with Crippen LogP contribution in [-0.2, 0) is 24.4 Å². The van der Waals surface area contributed by atoms with Crippen molar-refractivity contribution >= 4 is 29.2 Å². The number of rotatable bonds is 14. The zero-order chi connectivity index (χ0) is 36.8. The molecular weight excluding hydrogens is 703 g/mol. The van der Waals surface area contributed by atoms with Gasteiger partial charge in [0.15, 0.2) is 0 Å². The van der Waals surface area contributed by atoms with Gasteiger partial charge < -0.3 is 29.3 Å². The predicted molar refractivity (Wildman–Crippen MR) is 199 cm³/mol. The fourth-order valence-corrected chi connectivity index (χ4v) is 7.32. The van der Waals surface area contributed by atoms with E-state index in [4.69, 9.17) is 37.4 Å². The molecule has 1 aromatic heterocycles. The smallest absolute Gasteiger partial charge is 0.326 e. The lowest BCUT2D eigenvalue weighted by atomic mass is 9.96. The van der Waals surface area contributed by atoms with E-state index in [1.807, 2.05) is 24.3 Å². The Hall–Kier alpha value is -4.37. The number of nitrogens with one attached hydrogen (secondary N) is 1. The highest BCUT2D eigenvalue weighted by atomic mass is 35.5. The zero-order valence-electron chi connectivity index (χ0n) is 29.2. The summed E-state index contributed by atoms with van der Waals surface area (Å²) in [6.45, 7) is 3.66. The molecule has 0 saturated carbocycles. The van der Waals surface area contributed by atoms with Crippen LogP contribution in [0.2, 0.25) is 10.0 Å². The summed E-state index contributed by atoms with van der Waals surface area (Å²) in [4.78, 5) is 18.3. The second kappa shape index (κ2) is 16.5. The Balaban J connectivity index is 1.24. The summed E-state index contributed by atoms with van der Waals surface area (Å²) in [5, 5.41) is 32.6.